The summed E-state index contributed by atoms with van der Waals surface area (Å²) in [5, 5.41) is 3.87. The third-order valence-corrected chi connectivity index (χ3v) is 4.96. The normalized spacial score (nSPS) is 13.6. The highest BCUT2D eigenvalue weighted by Gasteiger charge is 2.21. The van der Waals surface area contributed by atoms with E-state index >= 15 is 0 Å². The third kappa shape index (κ3) is 3.78. The number of nitrogens with zero attached hydrogens (tertiary/aromatic N) is 2. The smallest absolute Gasteiger partial charge is 0.230 e. The first-order valence-electron chi connectivity index (χ1n) is 8.35. The number of fused-ring (bicyclic) bond motifs is 1. The van der Waals surface area contributed by atoms with E-state index in [9.17, 15) is 4.79 Å². The van der Waals surface area contributed by atoms with Crippen LogP contribution in [0.5, 0.6) is 0 Å². The summed E-state index contributed by atoms with van der Waals surface area (Å²) < 4.78 is 2.24. The highest BCUT2D eigenvalue weighted by molar-refractivity contribution is 7.99. The van der Waals surface area contributed by atoms with Crippen LogP contribution in [0.25, 0.3) is 5.69 Å². The van der Waals surface area contributed by atoms with Crippen molar-refractivity contribution in [2.24, 2.45) is 0 Å². The van der Waals surface area contributed by atoms with Gasteiger partial charge in [-0.05, 0) is 44.2 Å². The highest BCUT2D eigenvalue weighted by Crippen LogP contribution is 2.30. The first-order valence-corrected chi connectivity index (χ1v) is 9.33. The van der Waals surface area contributed by atoms with Gasteiger partial charge in [0.2, 0.25) is 5.91 Å². The average molecular weight is 329 g/mol. The van der Waals surface area contributed by atoms with Crippen molar-refractivity contribution < 1.29 is 4.79 Å². The van der Waals surface area contributed by atoms with Crippen LogP contribution < -0.4 is 5.32 Å². The zero-order valence-corrected chi connectivity index (χ0v) is 14.4. The number of benzene rings is 1. The van der Waals surface area contributed by atoms with Crippen LogP contribution in [-0.4, -0.2) is 27.8 Å². The molecule has 0 radical (unpaired) electrons. The molecule has 1 amide bonds. The second-order valence-corrected chi connectivity index (χ2v) is 6.75. The number of carbonyl (C=O) groups excluding carboxylic acids is 1. The van der Waals surface area contributed by atoms with Crippen LogP contribution in [0.15, 0.2) is 35.5 Å². The number of carbonyl (C=O) groups is 1. The fourth-order valence-corrected chi connectivity index (χ4v) is 3.78. The molecule has 122 valence electrons. The van der Waals surface area contributed by atoms with Gasteiger partial charge in [0.15, 0.2) is 5.16 Å². The number of aromatic nitrogens is 2. The molecule has 0 spiro atoms. The van der Waals surface area contributed by atoms with Gasteiger partial charge < -0.3 is 5.32 Å². The Hall–Kier alpha value is -1.75. The summed E-state index contributed by atoms with van der Waals surface area (Å²) in [5.74, 6) is 0.500. The molecule has 0 unspecified atom stereocenters. The summed E-state index contributed by atoms with van der Waals surface area (Å²) in [5.41, 5.74) is 3.66. The summed E-state index contributed by atoms with van der Waals surface area (Å²) in [6.45, 7) is 2.80. The van der Waals surface area contributed by atoms with Crippen LogP contribution in [0.3, 0.4) is 0 Å². The van der Waals surface area contributed by atoms with Gasteiger partial charge in [-0.2, -0.15) is 0 Å². The molecule has 0 atom stereocenters. The van der Waals surface area contributed by atoms with E-state index in [-0.39, 0.29) is 5.91 Å². The SMILES string of the molecule is CCCNC(=O)CSc1nc2c(n1-c1ccccc1)CCCC2. The van der Waals surface area contributed by atoms with Crippen molar-refractivity contribution in [3.63, 3.8) is 0 Å². The van der Waals surface area contributed by atoms with Gasteiger partial charge in [0.1, 0.15) is 0 Å². The van der Waals surface area contributed by atoms with Crippen molar-refractivity contribution in [2.75, 3.05) is 12.3 Å². The van der Waals surface area contributed by atoms with Gasteiger partial charge in [-0.3, -0.25) is 9.36 Å². The number of amides is 1. The standard InChI is InChI=1S/C18H23N3OS/c1-2-12-19-17(22)13-23-18-20-15-10-6-7-11-16(15)21(18)14-8-4-3-5-9-14/h3-5,8-9H,2,6-7,10-13H2,1H3,(H,19,22). The maximum absolute atomic E-state index is 11.9. The molecule has 1 aromatic heterocycles. The lowest BCUT2D eigenvalue weighted by molar-refractivity contribution is -0.118. The predicted molar refractivity (Wildman–Crippen MR) is 94.2 cm³/mol. The molecule has 0 saturated heterocycles. The molecule has 0 fully saturated rings. The molecule has 1 N–H and O–H groups in total. The number of hydrogen-bond acceptors (Lipinski definition) is 3. The lowest BCUT2D eigenvalue weighted by atomic mass is 10.0. The molecule has 1 aliphatic carbocycles. The van der Waals surface area contributed by atoms with E-state index in [1.54, 1.807) is 0 Å². The Labute approximate surface area is 141 Å². The van der Waals surface area contributed by atoms with Crippen molar-refractivity contribution in [3.8, 4) is 5.69 Å². The average Bonchev–Trinajstić information content (AvgIpc) is 2.97. The molecule has 0 aliphatic heterocycles. The Balaban J connectivity index is 1.84. The van der Waals surface area contributed by atoms with Crippen LogP contribution in [0.4, 0.5) is 0 Å². The molecular weight excluding hydrogens is 306 g/mol. The van der Waals surface area contributed by atoms with Crippen LogP contribution in [-0.2, 0) is 17.6 Å². The number of aryl methyl sites for hydroxylation is 1. The van der Waals surface area contributed by atoms with Crippen LogP contribution in [0.1, 0.15) is 37.6 Å². The minimum atomic E-state index is 0.0810. The Morgan fingerprint density at radius 2 is 2.04 bits per heavy atom. The maximum Gasteiger partial charge on any atom is 0.230 e. The van der Waals surface area contributed by atoms with Crippen molar-refractivity contribution in [1.29, 1.82) is 0 Å². The Morgan fingerprint density at radius 1 is 1.26 bits per heavy atom. The summed E-state index contributed by atoms with van der Waals surface area (Å²) in [6.07, 6.45) is 5.50. The van der Waals surface area contributed by atoms with Crippen molar-refractivity contribution >= 4 is 17.7 Å². The molecule has 4 nitrogen and oxygen atoms in total. The lowest BCUT2D eigenvalue weighted by Gasteiger charge is -2.15. The van der Waals surface area contributed by atoms with E-state index in [4.69, 9.17) is 4.98 Å². The second kappa shape index (κ2) is 7.68. The first kappa shape index (κ1) is 16.1. The molecule has 1 heterocycles. The third-order valence-electron chi connectivity index (χ3n) is 4.02. The summed E-state index contributed by atoms with van der Waals surface area (Å²) in [4.78, 5) is 16.7. The van der Waals surface area contributed by atoms with Gasteiger partial charge in [-0.15, -0.1) is 0 Å². The molecule has 3 rings (SSSR count). The Morgan fingerprint density at radius 3 is 2.83 bits per heavy atom. The van der Waals surface area contributed by atoms with Crippen molar-refractivity contribution in [1.82, 2.24) is 14.9 Å². The summed E-state index contributed by atoms with van der Waals surface area (Å²) >= 11 is 1.53. The summed E-state index contributed by atoms with van der Waals surface area (Å²) in [7, 11) is 0. The lowest BCUT2D eigenvalue weighted by Crippen LogP contribution is -2.25. The minimum absolute atomic E-state index is 0.0810. The van der Waals surface area contributed by atoms with Crippen LogP contribution in [0.2, 0.25) is 0 Å². The predicted octanol–water partition coefficient (Wildman–Crippen LogP) is 3.37. The maximum atomic E-state index is 11.9. The molecule has 0 bridgehead atoms. The molecule has 2 aromatic rings. The largest absolute Gasteiger partial charge is 0.355 e. The minimum Gasteiger partial charge on any atom is -0.355 e. The molecule has 1 aromatic carbocycles. The van der Waals surface area contributed by atoms with Gasteiger partial charge in [-0.1, -0.05) is 36.9 Å². The number of para-hydroxylation sites is 1. The fourth-order valence-electron chi connectivity index (χ4n) is 2.90. The van der Waals surface area contributed by atoms with E-state index in [0.717, 1.165) is 36.7 Å². The van der Waals surface area contributed by atoms with E-state index in [2.05, 4.69) is 28.9 Å². The molecule has 23 heavy (non-hydrogen) atoms. The number of hydrogen-bond donors (Lipinski definition) is 1. The number of thioether (sulfide) groups is 1. The Bertz CT molecular complexity index is 666. The Kier molecular flexibility index (Phi) is 5.39. The van der Waals surface area contributed by atoms with Gasteiger partial charge in [0, 0.05) is 17.9 Å². The first-order chi connectivity index (χ1) is 11.3. The van der Waals surface area contributed by atoms with E-state index in [1.807, 2.05) is 18.2 Å². The quantitative estimate of drug-likeness (QED) is 0.827. The highest BCUT2D eigenvalue weighted by atomic mass is 32.2. The zero-order chi connectivity index (χ0) is 16.1. The second-order valence-electron chi connectivity index (χ2n) is 5.80. The van der Waals surface area contributed by atoms with Crippen LogP contribution >= 0.6 is 11.8 Å². The molecule has 1 aliphatic rings. The fraction of sp³-hybridized carbons (Fsp3) is 0.444. The van der Waals surface area contributed by atoms with Gasteiger partial charge >= 0.3 is 0 Å². The monoisotopic (exact) mass is 329 g/mol. The van der Waals surface area contributed by atoms with E-state index < -0.39 is 0 Å². The van der Waals surface area contributed by atoms with Crippen molar-refractivity contribution in [2.45, 2.75) is 44.2 Å². The van der Waals surface area contributed by atoms with Gasteiger partial charge in [0.05, 0.1) is 11.4 Å². The number of imidazole rings is 1. The topological polar surface area (TPSA) is 46.9 Å². The van der Waals surface area contributed by atoms with Crippen LogP contribution in [0, 0.1) is 0 Å². The van der Waals surface area contributed by atoms with Gasteiger partial charge in [-0.25, -0.2) is 4.98 Å². The van der Waals surface area contributed by atoms with Crippen molar-refractivity contribution in [3.05, 3.63) is 41.7 Å². The van der Waals surface area contributed by atoms with E-state index in [0.29, 0.717) is 5.75 Å². The molecular formula is C18H23N3OS. The zero-order valence-electron chi connectivity index (χ0n) is 13.5. The van der Waals surface area contributed by atoms with Gasteiger partial charge in [0.25, 0.3) is 0 Å². The number of nitrogens with one attached hydrogen (secondary N) is 1. The number of rotatable bonds is 6. The molecule has 5 heteroatoms. The van der Waals surface area contributed by atoms with E-state index in [1.165, 1.54) is 36.0 Å². The summed E-state index contributed by atoms with van der Waals surface area (Å²) in [6, 6.07) is 10.3. The molecule has 0 saturated carbocycles.